The Balaban J connectivity index is 2.31. The van der Waals surface area contributed by atoms with E-state index in [9.17, 15) is 4.21 Å². The predicted octanol–water partition coefficient (Wildman–Crippen LogP) is -0.404. The summed E-state index contributed by atoms with van der Waals surface area (Å²) in [7, 11) is -0.673. The van der Waals surface area contributed by atoms with Gasteiger partial charge in [-0.2, -0.15) is 0 Å². The van der Waals surface area contributed by atoms with Crippen LogP contribution in [0.25, 0.3) is 0 Å². The third kappa shape index (κ3) is 0.786. The predicted molar refractivity (Wildman–Crippen MR) is 25.6 cm³/mol. The molecule has 1 atom stereocenters. The largest absolute Gasteiger partial charge is 0.243 e. The first-order chi connectivity index (χ1) is 2.80. The fourth-order valence-corrected chi connectivity index (χ4v) is 0.894. The summed E-state index contributed by atoms with van der Waals surface area (Å²) in [4.78, 5) is 0. The standard InChI is InChI=1S/C3H7NOS/c1-6(5)4-2-3-4/h2-3H2,1H3. The molecular formula is C3H7NOS. The van der Waals surface area contributed by atoms with E-state index < -0.39 is 11.0 Å². The van der Waals surface area contributed by atoms with E-state index in [-0.39, 0.29) is 0 Å². The van der Waals surface area contributed by atoms with Crippen LogP contribution in [-0.4, -0.2) is 27.9 Å². The Hall–Kier alpha value is 0.110. The second-order valence-corrected chi connectivity index (χ2v) is 2.72. The van der Waals surface area contributed by atoms with Gasteiger partial charge in [0.15, 0.2) is 0 Å². The highest BCUT2D eigenvalue weighted by molar-refractivity contribution is 7.82. The van der Waals surface area contributed by atoms with Crippen molar-refractivity contribution in [3.8, 4) is 0 Å². The molecule has 1 aliphatic rings. The highest BCUT2D eigenvalue weighted by Gasteiger charge is 2.19. The van der Waals surface area contributed by atoms with Crippen molar-refractivity contribution >= 4 is 11.0 Å². The van der Waals surface area contributed by atoms with Crippen LogP contribution >= 0.6 is 0 Å². The zero-order valence-corrected chi connectivity index (χ0v) is 4.49. The van der Waals surface area contributed by atoms with Crippen molar-refractivity contribution in [2.45, 2.75) is 0 Å². The van der Waals surface area contributed by atoms with E-state index in [1.165, 1.54) is 0 Å². The Morgan fingerprint density at radius 1 is 1.67 bits per heavy atom. The summed E-state index contributed by atoms with van der Waals surface area (Å²) in [6, 6.07) is 0. The van der Waals surface area contributed by atoms with E-state index in [1.807, 2.05) is 4.31 Å². The van der Waals surface area contributed by atoms with Crippen LogP contribution in [0.15, 0.2) is 0 Å². The van der Waals surface area contributed by atoms with E-state index in [0.29, 0.717) is 0 Å². The minimum Gasteiger partial charge on any atom is -0.243 e. The lowest BCUT2D eigenvalue weighted by Crippen LogP contribution is -1.96. The van der Waals surface area contributed by atoms with Crippen molar-refractivity contribution in [1.82, 2.24) is 4.31 Å². The SMILES string of the molecule is CS(=O)N1CC1. The Morgan fingerprint density at radius 2 is 2.17 bits per heavy atom. The van der Waals surface area contributed by atoms with Gasteiger partial charge in [0.1, 0.15) is 0 Å². The van der Waals surface area contributed by atoms with Crippen LogP contribution in [0.1, 0.15) is 0 Å². The van der Waals surface area contributed by atoms with E-state index in [0.717, 1.165) is 13.1 Å². The summed E-state index contributed by atoms with van der Waals surface area (Å²) in [5, 5.41) is 0. The second kappa shape index (κ2) is 1.31. The normalized spacial score (nSPS) is 26.8. The molecule has 0 aromatic rings. The van der Waals surface area contributed by atoms with E-state index in [4.69, 9.17) is 0 Å². The third-order valence-electron chi connectivity index (χ3n) is 0.770. The minimum atomic E-state index is -0.673. The molecule has 1 unspecified atom stereocenters. The molecule has 1 rings (SSSR count). The summed E-state index contributed by atoms with van der Waals surface area (Å²) >= 11 is 0. The van der Waals surface area contributed by atoms with E-state index in [2.05, 4.69) is 0 Å². The van der Waals surface area contributed by atoms with Crippen molar-refractivity contribution in [2.75, 3.05) is 19.3 Å². The fraction of sp³-hybridized carbons (Fsp3) is 1.00. The average Bonchev–Trinajstić information content (AvgIpc) is 2.06. The minimum absolute atomic E-state index is 0.673. The van der Waals surface area contributed by atoms with Gasteiger partial charge in [-0.05, 0) is 0 Å². The highest BCUT2D eigenvalue weighted by atomic mass is 32.2. The van der Waals surface area contributed by atoms with Gasteiger partial charge in [-0.25, -0.2) is 8.51 Å². The number of hydrogen-bond donors (Lipinski definition) is 0. The maximum atomic E-state index is 10.2. The van der Waals surface area contributed by atoms with Crippen LogP contribution < -0.4 is 0 Å². The zero-order valence-electron chi connectivity index (χ0n) is 3.68. The van der Waals surface area contributed by atoms with Gasteiger partial charge >= 0.3 is 0 Å². The van der Waals surface area contributed by atoms with Crippen molar-refractivity contribution in [3.63, 3.8) is 0 Å². The van der Waals surface area contributed by atoms with Gasteiger partial charge in [0.2, 0.25) is 0 Å². The molecule has 1 saturated heterocycles. The molecule has 0 aliphatic carbocycles. The van der Waals surface area contributed by atoms with E-state index in [1.54, 1.807) is 6.26 Å². The topological polar surface area (TPSA) is 20.1 Å². The van der Waals surface area contributed by atoms with Gasteiger partial charge in [-0.1, -0.05) is 0 Å². The quantitative estimate of drug-likeness (QED) is 0.415. The molecule has 6 heavy (non-hydrogen) atoms. The van der Waals surface area contributed by atoms with Crippen molar-refractivity contribution in [3.05, 3.63) is 0 Å². The summed E-state index contributed by atoms with van der Waals surface area (Å²) in [6.45, 7) is 2.06. The maximum Gasteiger partial charge on any atom is 0.0911 e. The highest BCUT2D eigenvalue weighted by Crippen LogP contribution is 2.03. The van der Waals surface area contributed by atoms with Gasteiger partial charge in [0.05, 0.1) is 11.0 Å². The molecule has 0 aromatic heterocycles. The number of rotatable bonds is 1. The van der Waals surface area contributed by atoms with Crippen molar-refractivity contribution in [1.29, 1.82) is 0 Å². The Morgan fingerprint density at radius 3 is 2.17 bits per heavy atom. The molecule has 3 heteroatoms. The average molecular weight is 105 g/mol. The molecule has 0 saturated carbocycles. The first-order valence-electron chi connectivity index (χ1n) is 1.89. The molecule has 0 N–H and O–H groups in total. The molecule has 2 nitrogen and oxygen atoms in total. The fourth-order valence-electron chi connectivity index (χ4n) is 0.298. The maximum absolute atomic E-state index is 10.2. The molecule has 0 radical (unpaired) electrons. The Kier molecular flexibility index (Phi) is 0.935. The first kappa shape index (κ1) is 4.27. The monoisotopic (exact) mass is 105 g/mol. The van der Waals surface area contributed by atoms with Crippen LogP contribution in [-0.2, 0) is 11.0 Å². The van der Waals surface area contributed by atoms with Gasteiger partial charge < -0.3 is 0 Å². The summed E-state index contributed by atoms with van der Waals surface area (Å²) in [6.07, 6.45) is 1.70. The van der Waals surface area contributed by atoms with Gasteiger partial charge in [0, 0.05) is 19.3 Å². The van der Waals surface area contributed by atoms with Gasteiger partial charge in [-0.15, -0.1) is 0 Å². The molecule has 36 valence electrons. The number of nitrogens with zero attached hydrogens (tertiary/aromatic N) is 1. The zero-order chi connectivity index (χ0) is 4.57. The molecule has 1 fully saturated rings. The molecule has 0 spiro atoms. The Labute approximate surface area is 39.7 Å². The molecule has 0 aromatic carbocycles. The van der Waals surface area contributed by atoms with Crippen LogP contribution in [0.2, 0.25) is 0 Å². The van der Waals surface area contributed by atoms with Crippen LogP contribution in [0.4, 0.5) is 0 Å². The summed E-state index contributed by atoms with van der Waals surface area (Å²) < 4.78 is 12.1. The van der Waals surface area contributed by atoms with Gasteiger partial charge in [-0.3, -0.25) is 0 Å². The van der Waals surface area contributed by atoms with Gasteiger partial charge in [0.25, 0.3) is 0 Å². The van der Waals surface area contributed by atoms with Crippen LogP contribution in [0, 0.1) is 0 Å². The smallest absolute Gasteiger partial charge is 0.0911 e. The molecule has 1 aliphatic heterocycles. The van der Waals surface area contributed by atoms with Crippen molar-refractivity contribution in [2.24, 2.45) is 0 Å². The van der Waals surface area contributed by atoms with Crippen LogP contribution in [0.3, 0.4) is 0 Å². The third-order valence-corrected chi connectivity index (χ3v) is 1.86. The molecule has 0 amide bonds. The molecule has 0 bridgehead atoms. The molecular weight excluding hydrogens is 98.1 g/mol. The summed E-state index contributed by atoms with van der Waals surface area (Å²) in [5.41, 5.74) is 0. The number of hydrogen-bond acceptors (Lipinski definition) is 1. The van der Waals surface area contributed by atoms with E-state index >= 15 is 0 Å². The lowest BCUT2D eigenvalue weighted by atomic mass is 11.0. The summed E-state index contributed by atoms with van der Waals surface area (Å²) in [5.74, 6) is 0. The lowest BCUT2D eigenvalue weighted by molar-refractivity contribution is 0.663. The first-order valence-corrected chi connectivity index (χ1v) is 3.40. The lowest BCUT2D eigenvalue weighted by Gasteiger charge is -1.84. The van der Waals surface area contributed by atoms with Crippen LogP contribution in [0.5, 0.6) is 0 Å². The van der Waals surface area contributed by atoms with Crippen molar-refractivity contribution < 1.29 is 4.21 Å². The molecule has 1 heterocycles. The second-order valence-electron chi connectivity index (χ2n) is 1.35. The Bertz CT molecular complexity index is 78.9.